The summed E-state index contributed by atoms with van der Waals surface area (Å²) in [6.07, 6.45) is 3.33. The largest absolute Gasteiger partial charge is 0.398 e. The average Bonchev–Trinajstić information content (AvgIpc) is 2.41. The van der Waals surface area contributed by atoms with Gasteiger partial charge in [-0.3, -0.25) is 4.79 Å². The Bertz CT molecular complexity index is 621. The van der Waals surface area contributed by atoms with Crippen LogP contribution in [0.5, 0.6) is 0 Å². The van der Waals surface area contributed by atoms with Gasteiger partial charge in [-0.2, -0.15) is 0 Å². The Morgan fingerprint density at radius 1 is 1.37 bits per heavy atom. The Kier molecular flexibility index (Phi) is 3.85. The fourth-order valence-electron chi connectivity index (χ4n) is 1.96. The SMILES string of the molecule is CCn1ccnc(N(C)Cc2ccccc2N)c1=O. The molecule has 2 rings (SSSR count). The predicted octanol–water partition coefficient (Wildman–Crippen LogP) is 1.48. The number of hydrogen-bond donors (Lipinski definition) is 1. The van der Waals surface area contributed by atoms with Gasteiger partial charge in [0.05, 0.1) is 0 Å². The number of rotatable bonds is 4. The van der Waals surface area contributed by atoms with Crippen LogP contribution >= 0.6 is 0 Å². The first-order chi connectivity index (χ1) is 9.13. The van der Waals surface area contributed by atoms with Gasteiger partial charge >= 0.3 is 0 Å². The molecule has 0 bridgehead atoms. The summed E-state index contributed by atoms with van der Waals surface area (Å²) < 4.78 is 1.63. The highest BCUT2D eigenvalue weighted by Gasteiger charge is 2.10. The van der Waals surface area contributed by atoms with Crippen LogP contribution in [0.4, 0.5) is 11.5 Å². The molecule has 0 aliphatic carbocycles. The first-order valence-corrected chi connectivity index (χ1v) is 6.23. The second-order valence-electron chi connectivity index (χ2n) is 4.40. The van der Waals surface area contributed by atoms with Crippen LogP contribution in [0.25, 0.3) is 0 Å². The summed E-state index contributed by atoms with van der Waals surface area (Å²) in [5.74, 6) is 0.438. The zero-order valence-electron chi connectivity index (χ0n) is 11.2. The van der Waals surface area contributed by atoms with Crippen molar-refractivity contribution in [3.8, 4) is 0 Å². The number of para-hydroxylation sites is 1. The molecule has 1 heterocycles. The lowest BCUT2D eigenvalue weighted by molar-refractivity contribution is 0.708. The lowest BCUT2D eigenvalue weighted by Gasteiger charge is -2.19. The number of aromatic nitrogens is 2. The standard InChI is InChI=1S/C14H18N4O/c1-3-18-9-8-16-13(14(18)19)17(2)10-11-6-4-5-7-12(11)15/h4-9H,3,10,15H2,1-2H3. The highest BCUT2D eigenvalue weighted by molar-refractivity contribution is 5.49. The molecule has 19 heavy (non-hydrogen) atoms. The second kappa shape index (κ2) is 5.56. The number of anilines is 2. The molecule has 0 atom stereocenters. The smallest absolute Gasteiger partial charge is 0.293 e. The number of nitrogen functional groups attached to an aromatic ring is 1. The summed E-state index contributed by atoms with van der Waals surface area (Å²) in [7, 11) is 1.84. The zero-order chi connectivity index (χ0) is 13.8. The minimum Gasteiger partial charge on any atom is -0.398 e. The maximum absolute atomic E-state index is 12.1. The van der Waals surface area contributed by atoms with Crippen molar-refractivity contribution in [1.82, 2.24) is 9.55 Å². The van der Waals surface area contributed by atoms with Crippen LogP contribution in [0.1, 0.15) is 12.5 Å². The van der Waals surface area contributed by atoms with E-state index in [1.54, 1.807) is 17.0 Å². The Labute approximate surface area is 112 Å². The molecule has 1 aromatic carbocycles. The van der Waals surface area contributed by atoms with Gasteiger partial charge in [0.1, 0.15) is 0 Å². The maximum Gasteiger partial charge on any atom is 0.293 e. The quantitative estimate of drug-likeness (QED) is 0.844. The molecule has 1 aromatic heterocycles. The van der Waals surface area contributed by atoms with Crippen LogP contribution in [0.15, 0.2) is 41.5 Å². The van der Waals surface area contributed by atoms with Crippen LogP contribution in [0.2, 0.25) is 0 Å². The number of nitrogens with two attached hydrogens (primary N) is 1. The fourth-order valence-corrected chi connectivity index (χ4v) is 1.96. The number of benzene rings is 1. The lowest BCUT2D eigenvalue weighted by Crippen LogP contribution is -2.30. The van der Waals surface area contributed by atoms with E-state index in [0.29, 0.717) is 18.9 Å². The van der Waals surface area contributed by atoms with Crippen LogP contribution in [-0.2, 0) is 13.1 Å². The zero-order valence-corrected chi connectivity index (χ0v) is 11.2. The van der Waals surface area contributed by atoms with E-state index in [1.807, 2.05) is 43.1 Å². The molecule has 5 heteroatoms. The van der Waals surface area contributed by atoms with Gasteiger partial charge in [0, 0.05) is 38.2 Å². The Morgan fingerprint density at radius 2 is 2.11 bits per heavy atom. The van der Waals surface area contributed by atoms with Crippen LogP contribution in [-0.4, -0.2) is 16.6 Å². The van der Waals surface area contributed by atoms with Crippen molar-refractivity contribution in [3.63, 3.8) is 0 Å². The van der Waals surface area contributed by atoms with E-state index >= 15 is 0 Å². The van der Waals surface area contributed by atoms with Crippen molar-refractivity contribution in [2.75, 3.05) is 17.7 Å². The Balaban J connectivity index is 2.28. The Hall–Kier alpha value is -2.30. The molecule has 2 aromatic rings. The van der Waals surface area contributed by atoms with Gasteiger partial charge < -0.3 is 15.2 Å². The van der Waals surface area contributed by atoms with Gasteiger partial charge in [-0.15, -0.1) is 0 Å². The predicted molar refractivity (Wildman–Crippen MR) is 77.1 cm³/mol. The highest BCUT2D eigenvalue weighted by Crippen LogP contribution is 2.14. The molecule has 0 saturated carbocycles. The van der Waals surface area contributed by atoms with Crippen LogP contribution in [0, 0.1) is 0 Å². The van der Waals surface area contributed by atoms with Gasteiger partial charge in [-0.1, -0.05) is 18.2 Å². The summed E-state index contributed by atoms with van der Waals surface area (Å²) in [6, 6.07) is 7.63. The van der Waals surface area contributed by atoms with Gasteiger partial charge in [0.2, 0.25) is 0 Å². The number of aryl methyl sites for hydroxylation is 1. The van der Waals surface area contributed by atoms with Gasteiger partial charge in [-0.05, 0) is 18.6 Å². The molecule has 5 nitrogen and oxygen atoms in total. The molecule has 0 amide bonds. The molecule has 2 N–H and O–H groups in total. The lowest BCUT2D eigenvalue weighted by atomic mass is 10.2. The third kappa shape index (κ3) is 2.76. The monoisotopic (exact) mass is 258 g/mol. The molecule has 0 unspecified atom stereocenters. The summed E-state index contributed by atoms with van der Waals surface area (Å²) in [4.78, 5) is 18.1. The van der Waals surface area contributed by atoms with E-state index in [2.05, 4.69) is 4.98 Å². The average molecular weight is 258 g/mol. The number of hydrogen-bond acceptors (Lipinski definition) is 4. The first kappa shape index (κ1) is 13.1. The van der Waals surface area contributed by atoms with Crippen molar-refractivity contribution in [2.24, 2.45) is 0 Å². The van der Waals surface area contributed by atoms with E-state index in [9.17, 15) is 4.79 Å². The fraction of sp³-hybridized carbons (Fsp3) is 0.286. The summed E-state index contributed by atoms with van der Waals surface area (Å²) >= 11 is 0. The molecule has 0 spiro atoms. The summed E-state index contributed by atoms with van der Waals surface area (Å²) in [5.41, 5.74) is 7.54. The van der Waals surface area contributed by atoms with E-state index in [-0.39, 0.29) is 5.56 Å². The van der Waals surface area contributed by atoms with Crippen molar-refractivity contribution >= 4 is 11.5 Å². The Morgan fingerprint density at radius 3 is 2.79 bits per heavy atom. The second-order valence-corrected chi connectivity index (χ2v) is 4.40. The van der Waals surface area contributed by atoms with Crippen molar-refractivity contribution in [1.29, 1.82) is 0 Å². The summed E-state index contributed by atoms with van der Waals surface area (Å²) in [6.45, 7) is 3.12. The molecule has 0 saturated heterocycles. The molecule has 0 aliphatic heterocycles. The minimum atomic E-state index is -0.0815. The maximum atomic E-state index is 12.1. The summed E-state index contributed by atoms with van der Waals surface area (Å²) in [5, 5.41) is 0. The van der Waals surface area contributed by atoms with Crippen LogP contribution in [0.3, 0.4) is 0 Å². The number of nitrogens with zero attached hydrogens (tertiary/aromatic N) is 3. The molecular weight excluding hydrogens is 240 g/mol. The molecule has 0 radical (unpaired) electrons. The molecule has 0 aliphatic rings. The van der Waals surface area contributed by atoms with Crippen molar-refractivity contribution in [2.45, 2.75) is 20.0 Å². The van der Waals surface area contributed by atoms with Crippen molar-refractivity contribution < 1.29 is 0 Å². The van der Waals surface area contributed by atoms with Crippen molar-refractivity contribution in [3.05, 3.63) is 52.6 Å². The van der Waals surface area contributed by atoms with E-state index in [4.69, 9.17) is 5.73 Å². The third-order valence-electron chi connectivity index (χ3n) is 3.06. The van der Waals surface area contributed by atoms with Gasteiger partial charge in [0.25, 0.3) is 5.56 Å². The van der Waals surface area contributed by atoms with Crippen LogP contribution < -0.4 is 16.2 Å². The first-order valence-electron chi connectivity index (χ1n) is 6.23. The van der Waals surface area contributed by atoms with Gasteiger partial charge in [0.15, 0.2) is 5.82 Å². The molecule has 0 fully saturated rings. The normalized spacial score (nSPS) is 10.4. The van der Waals surface area contributed by atoms with E-state index in [1.165, 1.54) is 0 Å². The van der Waals surface area contributed by atoms with E-state index in [0.717, 1.165) is 11.3 Å². The topological polar surface area (TPSA) is 64.2 Å². The molecule has 100 valence electrons. The molecular formula is C14H18N4O. The third-order valence-corrected chi connectivity index (χ3v) is 3.06. The van der Waals surface area contributed by atoms with Gasteiger partial charge in [-0.25, -0.2) is 4.98 Å². The highest BCUT2D eigenvalue weighted by atomic mass is 16.1. The minimum absolute atomic E-state index is 0.0815. The van der Waals surface area contributed by atoms with E-state index < -0.39 is 0 Å².